The molecule has 0 fully saturated rings. The van der Waals surface area contributed by atoms with Crippen LogP contribution in [0.2, 0.25) is 0 Å². The summed E-state index contributed by atoms with van der Waals surface area (Å²) in [4.78, 5) is 23.8. The van der Waals surface area contributed by atoms with Crippen LogP contribution in [0, 0.1) is 0 Å². The van der Waals surface area contributed by atoms with Gasteiger partial charge in [0.1, 0.15) is 12.4 Å². The molecule has 0 saturated carbocycles. The van der Waals surface area contributed by atoms with Gasteiger partial charge in [-0.1, -0.05) is 0 Å². The smallest absolute Gasteiger partial charge is 0.407 e. The molecule has 37 heavy (non-hydrogen) atoms. The molecule has 0 saturated heterocycles. The highest BCUT2D eigenvalue weighted by atomic mass is 16.7. The number of ether oxygens (including phenoxy) is 6. The van der Waals surface area contributed by atoms with Gasteiger partial charge < -0.3 is 39.1 Å². The Labute approximate surface area is 224 Å². The lowest BCUT2D eigenvalue weighted by Gasteiger charge is -2.30. The van der Waals surface area contributed by atoms with Crippen LogP contribution < -0.4 is 10.6 Å². The maximum atomic E-state index is 12.1. The van der Waals surface area contributed by atoms with Crippen LogP contribution in [0.25, 0.3) is 0 Å². The molecule has 2 amide bonds. The predicted molar refractivity (Wildman–Crippen MR) is 144 cm³/mol. The first-order chi connectivity index (χ1) is 16.9. The lowest BCUT2D eigenvalue weighted by molar-refractivity contribution is -0.127. The lowest BCUT2D eigenvalue weighted by atomic mass is 10.0. The first-order valence-corrected chi connectivity index (χ1v) is 13.2. The van der Waals surface area contributed by atoms with Crippen molar-refractivity contribution >= 4 is 12.0 Å². The molecule has 0 aromatic rings. The van der Waals surface area contributed by atoms with E-state index in [2.05, 4.69) is 10.6 Å². The molecule has 220 valence electrons. The summed E-state index contributed by atoms with van der Waals surface area (Å²) in [6, 6.07) is 0. The van der Waals surface area contributed by atoms with Crippen LogP contribution in [0.4, 0.5) is 4.79 Å². The van der Waals surface area contributed by atoms with Gasteiger partial charge in [0.2, 0.25) is 5.91 Å². The Morgan fingerprint density at radius 2 is 1.16 bits per heavy atom. The summed E-state index contributed by atoms with van der Waals surface area (Å²) in [6.45, 7) is 22.5. The van der Waals surface area contributed by atoms with Crippen LogP contribution in [-0.4, -0.2) is 87.3 Å². The molecule has 0 rings (SSSR count). The van der Waals surface area contributed by atoms with Gasteiger partial charge in [-0.15, -0.1) is 0 Å². The van der Waals surface area contributed by atoms with Gasteiger partial charge in [0.15, 0.2) is 0 Å². The minimum Gasteiger partial charge on any atom is -0.444 e. The zero-order valence-corrected chi connectivity index (χ0v) is 25.0. The highest BCUT2D eigenvalue weighted by molar-refractivity contribution is 5.75. The molecule has 10 heteroatoms. The van der Waals surface area contributed by atoms with E-state index >= 15 is 0 Å². The number of hydrogen-bond acceptors (Lipinski definition) is 8. The van der Waals surface area contributed by atoms with E-state index in [1.807, 2.05) is 69.2 Å². The zero-order valence-electron chi connectivity index (χ0n) is 25.0. The minimum absolute atomic E-state index is 0.0312. The Hall–Kier alpha value is -1.46. The Morgan fingerprint density at radius 1 is 0.595 bits per heavy atom. The monoisotopic (exact) mass is 534 g/mol. The molecule has 0 bridgehead atoms. The second-order valence-electron chi connectivity index (χ2n) is 12.1. The number of carbonyl (C=O) groups excluding carboxylic acids is 2. The van der Waals surface area contributed by atoms with Crippen LogP contribution >= 0.6 is 0 Å². The second-order valence-corrected chi connectivity index (χ2v) is 12.1. The Bertz CT molecular complexity index is 639. The van der Waals surface area contributed by atoms with Crippen molar-refractivity contribution in [3.8, 4) is 0 Å². The second kappa shape index (κ2) is 17.2. The molecule has 10 nitrogen and oxygen atoms in total. The maximum absolute atomic E-state index is 12.1. The fourth-order valence-electron chi connectivity index (χ4n) is 2.77. The standard InChI is InChI=1S/C27H54N2O8/c1-24(2,3)36-21-33-20-19-32-17-14-28-22(30)11-12-26(7,8)34-16-13-27(9,10)35-18-15-29-23(31)37-25(4,5)6/h11-21H2,1-10H3,(H,28,30)(H,29,31). The first kappa shape index (κ1) is 35.5. The molecule has 0 aromatic carbocycles. The number of alkyl carbamates (subject to hydrolysis) is 1. The van der Waals surface area contributed by atoms with Crippen LogP contribution in [-0.2, 0) is 33.2 Å². The number of hydrogen-bond donors (Lipinski definition) is 2. The van der Waals surface area contributed by atoms with Crippen LogP contribution in [0.1, 0.15) is 88.5 Å². The normalized spacial score (nSPS) is 12.9. The van der Waals surface area contributed by atoms with Crippen molar-refractivity contribution in [2.75, 3.05) is 52.9 Å². The van der Waals surface area contributed by atoms with E-state index in [1.54, 1.807) is 0 Å². The number of nitrogens with one attached hydrogen (secondary N) is 2. The van der Waals surface area contributed by atoms with E-state index in [4.69, 9.17) is 28.4 Å². The molecule has 0 atom stereocenters. The third-order valence-electron chi connectivity index (χ3n) is 4.93. The zero-order chi connectivity index (χ0) is 28.6. The number of carbonyl (C=O) groups is 2. The van der Waals surface area contributed by atoms with Crippen LogP contribution in [0.5, 0.6) is 0 Å². The highest BCUT2D eigenvalue weighted by Gasteiger charge is 2.24. The quantitative estimate of drug-likeness (QED) is 0.187. The average molecular weight is 535 g/mol. The summed E-state index contributed by atoms with van der Waals surface area (Å²) in [5.41, 5.74) is -1.59. The number of amides is 2. The van der Waals surface area contributed by atoms with Gasteiger partial charge in [0.05, 0.1) is 49.8 Å². The summed E-state index contributed by atoms with van der Waals surface area (Å²) in [6.07, 6.45) is 1.19. The topological polar surface area (TPSA) is 114 Å². The van der Waals surface area contributed by atoms with Gasteiger partial charge in [0, 0.05) is 19.5 Å². The average Bonchev–Trinajstić information content (AvgIpc) is 2.72. The summed E-state index contributed by atoms with van der Waals surface area (Å²) in [5.74, 6) is -0.0312. The lowest BCUT2D eigenvalue weighted by Crippen LogP contribution is -2.37. The summed E-state index contributed by atoms with van der Waals surface area (Å²) in [7, 11) is 0. The maximum Gasteiger partial charge on any atom is 0.407 e. The van der Waals surface area contributed by atoms with Crippen LogP contribution in [0.15, 0.2) is 0 Å². The molecule has 0 heterocycles. The van der Waals surface area contributed by atoms with Crippen molar-refractivity contribution in [1.29, 1.82) is 0 Å². The third-order valence-corrected chi connectivity index (χ3v) is 4.93. The van der Waals surface area contributed by atoms with Gasteiger partial charge in [-0.3, -0.25) is 4.79 Å². The van der Waals surface area contributed by atoms with Gasteiger partial charge in [0.25, 0.3) is 0 Å². The molecule has 0 aliphatic heterocycles. The van der Waals surface area contributed by atoms with Crippen molar-refractivity contribution in [2.24, 2.45) is 0 Å². The molecule has 0 aliphatic rings. The van der Waals surface area contributed by atoms with E-state index in [-0.39, 0.29) is 18.3 Å². The van der Waals surface area contributed by atoms with Gasteiger partial charge in [-0.05, 0) is 82.1 Å². The summed E-state index contributed by atoms with van der Waals surface area (Å²) < 4.78 is 33.4. The Balaban J connectivity index is 3.88. The summed E-state index contributed by atoms with van der Waals surface area (Å²) >= 11 is 0. The third kappa shape index (κ3) is 24.6. The van der Waals surface area contributed by atoms with E-state index in [0.29, 0.717) is 65.4 Å². The fourth-order valence-corrected chi connectivity index (χ4v) is 2.77. The van der Waals surface area contributed by atoms with Crippen LogP contribution in [0.3, 0.4) is 0 Å². The number of rotatable bonds is 19. The van der Waals surface area contributed by atoms with Crippen molar-refractivity contribution in [3.05, 3.63) is 0 Å². The Morgan fingerprint density at radius 3 is 1.78 bits per heavy atom. The Kier molecular flexibility index (Phi) is 16.5. The van der Waals surface area contributed by atoms with Crippen molar-refractivity contribution in [3.63, 3.8) is 0 Å². The summed E-state index contributed by atoms with van der Waals surface area (Å²) in [5, 5.41) is 5.54. The molecule has 0 aromatic heterocycles. The van der Waals surface area contributed by atoms with E-state index in [0.717, 1.165) is 0 Å². The van der Waals surface area contributed by atoms with Gasteiger partial charge in [-0.25, -0.2) is 4.79 Å². The molecular formula is C27H54N2O8. The van der Waals surface area contributed by atoms with E-state index < -0.39 is 22.9 Å². The largest absolute Gasteiger partial charge is 0.444 e. The molecule has 2 N–H and O–H groups in total. The molecule has 0 radical (unpaired) electrons. The van der Waals surface area contributed by atoms with Gasteiger partial charge >= 0.3 is 6.09 Å². The van der Waals surface area contributed by atoms with Crippen molar-refractivity contribution in [2.45, 2.75) is 111 Å². The SMILES string of the molecule is CC(C)(C)OCOCCOCCNC(=O)CCC(C)(C)OCCC(C)(C)OCCNC(=O)OC(C)(C)C. The molecule has 0 unspecified atom stereocenters. The molecule has 0 spiro atoms. The highest BCUT2D eigenvalue weighted by Crippen LogP contribution is 2.20. The van der Waals surface area contributed by atoms with Crippen molar-refractivity contribution < 1.29 is 38.0 Å². The molecular weight excluding hydrogens is 480 g/mol. The van der Waals surface area contributed by atoms with Gasteiger partial charge in [-0.2, -0.15) is 0 Å². The van der Waals surface area contributed by atoms with E-state index in [9.17, 15) is 9.59 Å². The van der Waals surface area contributed by atoms with E-state index in [1.165, 1.54) is 0 Å². The predicted octanol–water partition coefficient (Wildman–Crippen LogP) is 4.19. The fraction of sp³-hybridized carbons (Fsp3) is 0.926. The minimum atomic E-state index is -0.527. The first-order valence-electron chi connectivity index (χ1n) is 13.2. The van der Waals surface area contributed by atoms with Crippen molar-refractivity contribution in [1.82, 2.24) is 10.6 Å². The molecule has 0 aliphatic carbocycles.